The van der Waals surface area contributed by atoms with Crippen LogP contribution in [0.15, 0.2) is 186 Å². The maximum Gasteiger partial charge on any atom is 0.137 e. The Balaban J connectivity index is 1.10. The average molecular weight is 727 g/mol. The largest absolute Gasteiger partial charge is 0.456 e. The molecule has 3 nitrogen and oxygen atoms in total. The van der Waals surface area contributed by atoms with E-state index in [0.717, 1.165) is 59.8 Å². The van der Waals surface area contributed by atoms with Crippen LogP contribution in [0.25, 0.3) is 85.2 Å². The maximum atomic E-state index is 6.48. The van der Waals surface area contributed by atoms with Crippen molar-refractivity contribution in [2.24, 2.45) is 0 Å². The summed E-state index contributed by atoms with van der Waals surface area (Å²) in [7, 11) is 0. The summed E-state index contributed by atoms with van der Waals surface area (Å²) in [4.78, 5) is 7.56. The molecule has 0 spiro atoms. The molecule has 8 aromatic carbocycles. The van der Waals surface area contributed by atoms with Crippen LogP contribution in [0.3, 0.4) is 0 Å². The first-order valence-electron chi connectivity index (χ1n) is 18.0. The van der Waals surface area contributed by atoms with Crippen LogP contribution >= 0.6 is 22.7 Å². The Hall–Kier alpha value is -6.53. The van der Waals surface area contributed by atoms with Crippen LogP contribution in [0.5, 0.6) is 0 Å². The van der Waals surface area contributed by atoms with Crippen LogP contribution in [0, 0.1) is 0 Å². The lowest BCUT2D eigenvalue weighted by atomic mass is 9.98. The normalized spacial score (nSPS) is 11.7. The number of nitrogens with zero attached hydrogens (tertiary/aromatic N) is 2. The van der Waals surface area contributed by atoms with Gasteiger partial charge in [-0.15, -0.1) is 22.7 Å². The molecule has 0 unspecified atom stereocenters. The molecule has 0 bridgehead atoms. The second-order valence-electron chi connectivity index (χ2n) is 13.5. The number of rotatable bonds is 6. The fraction of sp³-hybridized carbons (Fsp3) is 0. The highest BCUT2D eigenvalue weighted by atomic mass is 32.1. The van der Waals surface area contributed by atoms with Crippen LogP contribution in [0.1, 0.15) is 0 Å². The first-order valence-corrected chi connectivity index (χ1v) is 19.7. The van der Waals surface area contributed by atoms with Crippen molar-refractivity contribution in [3.63, 3.8) is 0 Å². The molecular weight excluding hydrogens is 697 g/mol. The standard InChI is InChI=1S/C49H30N2OS2/c1-3-11-31(12-4-1)32-21-23-35(24-22-32)51(36-16-9-15-34(29-36)38-18-10-20-44-46(38)39-17-7-8-19-43(39)53-44)37-25-26-41-40(30-37)47-42(52-41)27-28-45-48(47)50-49(54-45)33-13-5-2-6-14-33/h1-30H. The average Bonchev–Trinajstić information content (AvgIpc) is 3.95. The highest BCUT2D eigenvalue weighted by Gasteiger charge is 2.20. The molecule has 254 valence electrons. The minimum Gasteiger partial charge on any atom is -0.456 e. The van der Waals surface area contributed by atoms with Gasteiger partial charge in [0.15, 0.2) is 0 Å². The Morgan fingerprint density at radius 2 is 1.07 bits per heavy atom. The number of fused-ring (bicyclic) bond motifs is 8. The van der Waals surface area contributed by atoms with Crippen LogP contribution in [-0.2, 0) is 0 Å². The Morgan fingerprint density at radius 1 is 0.407 bits per heavy atom. The molecule has 0 atom stereocenters. The van der Waals surface area contributed by atoms with Crippen molar-refractivity contribution >= 4 is 92.1 Å². The van der Waals surface area contributed by atoms with E-state index in [1.807, 2.05) is 17.4 Å². The van der Waals surface area contributed by atoms with Crippen LogP contribution in [-0.4, -0.2) is 4.98 Å². The lowest BCUT2D eigenvalue weighted by molar-refractivity contribution is 0.669. The molecule has 0 radical (unpaired) electrons. The van der Waals surface area contributed by atoms with E-state index in [9.17, 15) is 0 Å². The van der Waals surface area contributed by atoms with E-state index in [1.165, 1.54) is 42.4 Å². The highest BCUT2D eigenvalue weighted by molar-refractivity contribution is 7.26. The maximum absolute atomic E-state index is 6.48. The van der Waals surface area contributed by atoms with E-state index in [1.54, 1.807) is 11.3 Å². The Bertz CT molecular complexity index is 3160. The molecule has 5 heteroatoms. The minimum atomic E-state index is 0.844. The molecule has 0 N–H and O–H groups in total. The van der Waals surface area contributed by atoms with Crippen LogP contribution in [0.4, 0.5) is 17.1 Å². The van der Waals surface area contributed by atoms with Crippen LogP contribution in [0.2, 0.25) is 0 Å². The Morgan fingerprint density at radius 3 is 1.93 bits per heavy atom. The van der Waals surface area contributed by atoms with Crippen molar-refractivity contribution in [3.05, 3.63) is 182 Å². The van der Waals surface area contributed by atoms with Gasteiger partial charge in [-0.25, -0.2) is 4.98 Å². The van der Waals surface area contributed by atoms with Gasteiger partial charge >= 0.3 is 0 Å². The zero-order valence-electron chi connectivity index (χ0n) is 28.9. The van der Waals surface area contributed by atoms with Gasteiger partial charge in [0.2, 0.25) is 0 Å². The molecular formula is C49H30N2OS2. The number of aromatic nitrogens is 1. The number of thiophene rings is 1. The highest BCUT2D eigenvalue weighted by Crippen LogP contribution is 2.45. The number of benzene rings is 8. The summed E-state index contributed by atoms with van der Waals surface area (Å²) >= 11 is 3.57. The van der Waals surface area contributed by atoms with Crippen molar-refractivity contribution in [1.82, 2.24) is 4.98 Å². The summed E-state index contributed by atoms with van der Waals surface area (Å²) in [6.07, 6.45) is 0. The number of hydrogen-bond acceptors (Lipinski definition) is 5. The first kappa shape index (κ1) is 31.0. The Kier molecular flexibility index (Phi) is 7.22. The first-order chi connectivity index (χ1) is 26.7. The number of furan rings is 1. The minimum absolute atomic E-state index is 0.844. The lowest BCUT2D eigenvalue weighted by Crippen LogP contribution is -2.10. The van der Waals surface area contributed by atoms with Crippen molar-refractivity contribution in [2.75, 3.05) is 4.90 Å². The summed E-state index contributed by atoms with van der Waals surface area (Å²) in [5.74, 6) is 0. The van der Waals surface area contributed by atoms with Gasteiger partial charge < -0.3 is 9.32 Å². The summed E-state index contributed by atoms with van der Waals surface area (Å²) in [6.45, 7) is 0. The third-order valence-electron chi connectivity index (χ3n) is 10.3. The fourth-order valence-corrected chi connectivity index (χ4v) is 9.91. The second-order valence-corrected chi connectivity index (χ2v) is 15.6. The van der Waals surface area contributed by atoms with Crippen molar-refractivity contribution in [3.8, 4) is 32.8 Å². The fourth-order valence-electron chi connectivity index (χ4n) is 7.79. The third kappa shape index (κ3) is 5.12. The Labute approximate surface area is 319 Å². The van der Waals surface area contributed by atoms with Gasteiger partial charge in [0.1, 0.15) is 16.2 Å². The molecule has 0 aliphatic rings. The molecule has 0 saturated heterocycles. The monoisotopic (exact) mass is 726 g/mol. The molecule has 0 amide bonds. The lowest BCUT2D eigenvalue weighted by Gasteiger charge is -2.26. The van der Waals surface area contributed by atoms with E-state index in [4.69, 9.17) is 9.40 Å². The smallest absolute Gasteiger partial charge is 0.137 e. The zero-order valence-corrected chi connectivity index (χ0v) is 30.6. The van der Waals surface area contributed by atoms with Gasteiger partial charge in [-0.2, -0.15) is 0 Å². The second kappa shape index (κ2) is 12.6. The van der Waals surface area contributed by atoms with Crippen molar-refractivity contribution in [2.45, 2.75) is 0 Å². The molecule has 11 rings (SSSR count). The van der Waals surface area contributed by atoms with Gasteiger partial charge in [-0.05, 0) is 89.0 Å². The molecule has 0 aliphatic carbocycles. The van der Waals surface area contributed by atoms with E-state index in [2.05, 4.69) is 181 Å². The van der Waals surface area contributed by atoms with Gasteiger partial charge in [0, 0.05) is 48.2 Å². The number of thiazole rings is 1. The topological polar surface area (TPSA) is 29.3 Å². The molecule has 3 aromatic heterocycles. The quantitative estimate of drug-likeness (QED) is 0.171. The van der Waals surface area contributed by atoms with Gasteiger partial charge in [-0.1, -0.05) is 115 Å². The van der Waals surface area contributed by atoms with E-state index in [-0.39, 0.29) is 0 Å². The van der Waals surface area contributed by atoms with E-state index in [0.29, 0.717) is 0 Å². The number of hydrogen-bond donors (Lipinski definition) is 0. The van der Waals surface area contributed by atoms with Gasteiger partial charge in [0.05, 0.1) is 15.6 Å². The molecule has 0 aliphatic heterocycles. The van der Waals surface area contributed by atoms with Gasteiger partial charge in [-0.3, -0.25) is 0 Å². The molecule has 0 fully saturated rings. The van der Waals surface area contributed by atoms with Gasteiger partial charge in [0.25, 0.3) is 0 Å². The van der Waals surface area contributed by atoms with Crippen molar-refractivity contribution in [1.29, 1.82) is 0 Å². The summed E-state index contributed by atoms with van der Waals surface area (Å²) in [6, 6.07) is 65.0. The molecule has 3 heterocycles. The van der Waals surface area contributed by atoms with E-state index >= 15 is 0 Å². The zero-order chi connectivity index (χ0) is 35.6. The summed E-state index contributed by atoms with van der Waals surface area (Å²) in [5, 5.41) is 5.71. The number of anilines is 3. The molecule has 11 aromatic rings. The molecule has 54 heavy (non-hydrogen) atoms. The summed E-state index contributed by atoms with van der Waals surface area (Å²) < 4.78 is 10.2. The SMILES string of the molecule is c1ccc(-c2ccc(N(c3cccc(-c4cccc5sc6ccccc6c45)c3)c3ccc4oc5ccc6sc(-c7ccccc7)nc6c5c4c3)cc2)cc1. The predicted octanol–water partition coefficient (Wildman–Crippen LogP) is 15.0. The molecule has 0 saturated carbocycles. The summed E-state index contributed by atoms with van der Waals surface area (Å²) in [5.41, 5.74) is 11.8. The van der Waals surface area contributed by atoms with Crippen molar-refractivity contribution < 1.29 is 4.42 Å². The third-order valence-corrected chi connectivity index (χ3v) is 12.5. The van der Waals surface area contributed by atoms with Crippen LogP contribution < -0.4 is 4.90 Å². The van der Waals surface area contributed by atoms with E-state index < -0.39 is 0 Å². The predicted molar refractivity (Wildman–Crippen MR) is 231 cm³/mol.